The first-order chi connectivity index (χ1) is 14.4. The van der Waals surface area contributed by atoms with Gasteiger partial charge in [0, 0.05) is 12.0 Å². The van der Waals surface area contributed by atoms with Gasteiger partial charge in [0.15, 0.2) is 0 Å². The van der Waals surface area contributed by atoms with Gasteiger partial charge in [-0.1, -0.05) is 36.4 Å². The molecule has 3 aromatic rings. The minimum atomic E-state index is -1.74. The summed E-state index contributed by atoms with van der Waals surface area (Å²) >= 11 is 0. The van der Waals surface area contributed by atoms with E-state index in [1.54, 1.807) is 67.8 Å². The molecule has 0 saturated heterocycles. The van der Waals surface area contributed by atoms with E-state index in [1.807, 2.05) is 0 Å². The van der Waals surface area contributed by atoms with E-state index in [0.717, 1.165) is 0 Å². The maximum Gasteiger partial charge on any atom is 0.318 e. The fourth-order valence-electron chi connectivity index (χ4n) is 4.86. The molecule has 0 amide bonds. The molecule has 6 nitrogen and oxygen atoms in total. The van der Waals surface area contributed by atoms with Crippen LogP contribution < -0.4 is 9.47 Å². The average molecular weight is 404 g/mol. The Morgan fingerprint density at radius 3 is 2.23 bits per heavy atom. The second kappa shape index (κ2) is 6.32. The molecule has 3 N–H and O–H groups in total. The van der Waals surface area contributed by atoms with Gasteiger partial charge in [-0.25, -0.2) is 0 Å². The maximum atomic E-state index is 13.2. The predicted molar refractivity (Wildman–Crippen MR) is 107 cm³/mol. The highest BCUT2D eigenvalue weighted by atomic mass is 16.5. The summed E-state index contributed by atoms with van der Waals surface area (Å²) in [7, 11) is 1.54. The Morgan fingerprint density at radius 1 is 0.900 bits per heavy atom. The van der Waals surface area contributed by atoms with Crippen LogP contribution in [-0.2, 0) is 16.0 Å². The summed E-state index contributed by atoms with van der Waals surface area (Å²) in [4.78, 5) is 13.2. The van der Waals surface area contributed by atoms with Gasteiger partial charge in [0.1, 0.15) is 28.5 Å². The molecule has 152 valence electrons. The van der Waals surface area contributed by atoms with E-state index in [-0.39, 0.29) is 17.7 Å². The molecule has 0 saturated carbocycles. The number of phenolic OH excluding ortho intramolecular Hbond substituents is 1. The first-order valence-electron chi connectivity index (χ1n) is 9.63. The van der Waals surface area contributed by atoms with Gasteiger partial charge in [-0.15, -0.1) is 0 Å². The monoisotopic (exact) mass is 404 g/mol. The van der Waals surface area contributed by atoms with E-state index >= 15 is 0 Å². The molecule has 0 spiro atoms. The summed E-state index contributed by atoms with van der Waals surface area (Å²) in [6.07, 6.45) is -0.111. The summed E-state index contributed by atoms with van der Waals surface area (Å²) < 4.78 is 10.7. The number of carbonyl (C=O) groups excluding carboxylic acids is 1. The molecule has 2 bridgehead atoms. The van der Waals surface area contributed by atoms with Gasteiger partial charge in [0.2, 0.25) is 0 Å². The van der Waals surface area contributed by atoms with Crippen molar-refractivity contribution in [2.24, 2.45) is 5.92 Å². The SMILES string of the molecule is COc1ccc(OC(=O)C2CC3(O)c4ccccc4C2(O)c2cccc(O)c23)cc1. The molecule has 3 unspecified atom stereocenters. The minimum absolute atomic E-state index is 0.111. The standard InChI is InChI=1S/C24H20O6/c1-29-14-9-11-15(12-10-14)30-22(26)19-13-23(27)16-5-2-3-6-17(16)24(19,28)18-7-4-8-20(25)21(18)23/h2-12,19,25,27-28H,13H2,1H3. The highest BCUT2D eigenvalue weighted by molar-refractivity contribution is 5.81. The molecule has 0 aromatic heterocycles. The Kier molecular flexibility index (Phi) is 3.93. The smallest absolute Gasteiger partial charge is 0.318 e. The molecule has 3 aliphatic rings. The Bertz CT molecular complexity index is 1150. The molecule has 6 heteroatoms. The molecular formula is C24H20O6. The van der Waals surface area contributed by atoms with Crippen LogP contribution in [-0.4, -0.2) is 28.4 Å². The van der Waals surface area contributed by atoms with Crippen LogP contribution in [0.3, 0.4) is 0 Å². The fraction of sp³-hybridized carbons (Fsp3) is 0.208. The number of phenols is 1. The highest BCUT2D eigenvalue weighted by Crippen LogP contribution is 2.61. The second-order valence-corrected chi connectivity index (χ2v) is 7.73. The molecule has 3 aromatic carbocycles. The second-order valence-electron chi connectivity index (χ2n) is 7.73. The molecular weight excluding hydrogens is 384 g/mol. The lowest BCUT2D eigenvalue weighted by Gasteiger charge is -2.53. The molecule has 30 heavy (non-hydrogen) atoms. The van der Waals surface area contributed by atoms with Crippen molar-refractivity contribution in [2.45, 2.75) is 17.6 Å². The number of esters is 1. The third-order valence-electron chi connectivity index (χ3n) is 6.22. The number of aromatic hydroxyl groups is 1. The van der Waals surface area contributed by atoms with E-state index in [4.69, 9.17) is 9.47 Å². The zero-order valence-corrected chi connectivity index (χ0v) is 16.2. The molecule has 3 atom stereocenters. The number of hydrogen-bond acceptors (Lipinski definition) is 6. The topological polar surface area (TPSA) is 96.2 Å². The number of benzene rings is 3. The predicted octanol–water partition coefficient (Wildman–Crippen LogP) is 2.81. The van der Waals surface area contributed by atoms with Crippen molar-refractivity contribution >= 4 is 5.97 Å². The van der Waals surface area contributed by atoms with Crippen molar-refractivity contribution in [1.82, 2.24) is 0 Å². The normalized spacial score (nSPS) is 25.9. The fourth-order valence-corrected chi connectivity index (χ4v) is 4.86. The van der Waals surface area contributed by atoms with Crippen LogP contribution >= 0.6 is 0 Å². The summed E-state index contributed by atoms with van der Waals surface area (Å²) in [5.74, 6) is -0.914. The Hall–Kier alpha value is -3.35. The molecule has 0 heterocycles. The van der Waals surface area contributed by atoms with E-state index in [1.165, 1.54) is 6.07 Å². The highest BCUT2D eigenvalue weighted by Gasteiger charge is 2.63. The Labute approximate surface area is 172 Å². The van der Waals surface area contributed by atoms with Crippen LogP contribution in [0.4, 0.5) is 0 Å². The van der Waals surface area contributed by atoms with Crippen LogP contribution in [0, 0.1) is 5.92 Å². The van der Waals surface area contributed by atoms with Gasteiger partial charge in [-0.3, -0.25) is 4.79 Å². The van der Waals surface area contributed by atoms with E-state index in [2.05, 4.69) is 0 Å². The van der Waals surface area contributed by atoms with Crippen LogP contribution in [0.15, 0.2) is 66.7 Å². The molecule has 0 fully saturated rings. The number of rotatable bonds is 3. The van der Waals surface area contributed by atoms with E-state index < -0.39 is 23.1 Å². The third kappa shape index (κ3) is 2.35. The van der Waals surface area contributed by atoms with E-state index in [9.17, 15) is 20.1 Å². The minimum Gasteiger partial charge on any atom is -0.508 e. The lowest BCUT2D eigenvalue weighted by atomic mass is 9.54. The zero-order chi connectivity index (χ0) is 21.1. The van der Waals surface area contributed by atoms with Gasteiger partial charge in [-0.2, -0.15) is 0 Å². The first-order valence-corrected chi connectivity index (χ1v) is 9.63. The van der Waals surface area contributed by atoms with Crippen molar-refractivity contribution in [3.63, 3.8) is 0 Å². The van der Waals surface area contributed by atoms with Crippen molar-refractivity contribution in [1.29, 1.82) is 0 Å². The van der Waals surface area contributed by atoms with Crippen molar-refractivity contribution in [3.05, 3.63) is 89.0 Å². The van der Waals surface area contributed by atoms with Gasteiger partial charge in [0.25, 0.3) is 0 Å². The Morgan fingerprint density at radius 2 is 1.53 bits per heavy atom. The summed E-state index contributed by atoms with van der Waals surface area (Å²) in [5.41, 5.74) is -1.89. The van der Waals surface area contributed by atoms with Gasteiger partial charge < -0.3 is 24.8 Å². The van der Waals surface area contributed by atoms with Gasteiger partial charge in [0.05, 0.1) is 13.0 Å². The average Bonchev–Trinajstić information content (AvgIpc) is 2.76. The molecule has 0 radical (unpaired) electrons. The summed E-state index contributed by atoms with van der Waals surface area (Å²) in [6, 6.07) is 18.1. The summed E-state index contributed by atoms with van der Waals surface area (Å²) in [6.45, 7) is 0. The maximum absolute atomic E-state index is 13.2. The molecule has 3 aliphatic carbocycles. The molecule has 6 rings (SSSR count). The Balaban J connectivity index is 1.63. The lowest BCUT2D eigenvalue weighted by molar-refractivity contribution is -0.157. The quantitative estimate of drug-likeness (QED) is 0.459. The van der Waals surface area contributed by atoms with Crippen LogP contribution in [0.5, 0.6) is 17.2 Å². The zero-order valence-electron chi connectivity index (χ0n) is 16.2. The number of methoxy groups -OCH3 is 1. The largest absolute Gasteiger partial charge is 0.508 e. The van der Waals surface area contributed by atoms with Crippen LogP contribution in [0.2, 0.25) is 0 Å². The van der Waals surface area contributed by atoms with Crippen LogP contribution in [0.1, 0.15) is 28.7 Å². The first kappa shape index (κ1) is 18.7. The third-order valence-corrected chi connectivity index (χ3v) is 6.22. The number of ether oxygens (including phenoxy) is 2. The lowest BCUT2D eigenvalue weighted by Crippen LogP contribution is -2.57. The van der Waals surface area contributed by atoms with Crippen molar-refractivity contribution in [2.75, 3.05) is 7.11 Å². The number of carbonyl (C=O) groups is 1. The number of aliphatic hydroxyl groups is 2. The summed E-state index contributed by atoms with van der Waals surface area (Å²) in [5, 5.41) is 34.1. The number of fused-ring (bicyclic) bond motifs is 1. The van der Waals surface area contributed by atoms with Crippen molar-refractivity contribution < 1.29 is 29.6 Å². The van der Waals surface area contributed by atoms with Crippen LogP contribution in [0.25, 0.3) is 0 Å². The van der Waals surface area contributed by atoms with E-state index in [0.29, 0.717) is 28.2 Å². The van der Waals surface area contributed by atoms with Crippen molar-refractivity contribution in [3.8, 4) is 17.2 Å². The van der Waals surface area contributed by atoms with Gasteiger partial charge >= 0.3 is 5.97 Å². The van der Waals surface area contributed by atoms with Gasteiger partial charge in [-0.05, 0) is 47.0 Å². The molecule has 0 aliphatic heterocycles. The number of hydrogen-bond donors (Lipinski definition) is 3.